The normalized spacial score (nSPS) is 10.5. The van der Waals surface area contributed by atoms with Crippen LogP contribution in [0.5, 0.6) is 0 Å². The van der Waals surface area contributed by atoms with Gasteiger partial charge in [0.15, 0.2) is 0 Å². The quantitative estimate of drug-likeness (QED) is 0.164. The van der Waals surface area contributed by atoms with Crippen molar-refractivity contribution in [3.8, 4) is 0 Å². The second-order valence-corrected chi connectivity index (χ2v) is 7.18. The van der Waals surface area contributed by atoms with Gasteiger partial charge in [-0.1, -0.05) is 96.8 Å². The highest BCUT2D eigenvalue weighted by atomic mass is 16.6. The maximum absolute atomic E-state index is 11.5. The monoisotopic (exact) mass is 386 g/mol. The van der Waals surface area contributed by atoms with Crippen LogP contribution in [0.15, 0.2) is 13.2 Å². The molecule has 0 aliphatic rings. The molecule has 0 spiro atoms. The van der Waals surface area contributed by atoms with Crippen molar-refractivity contribution in [2.75, 3.05) is 13.2 Å². The fourth-order valence-corrected chi connectivity index (χ4v) is 3.02. The van der Waals surface area contributed by atoms with Crippen LogP contribution in [0.2, 0.25) is 0 Å². The van der Waals surface area contributed by atoms with E-state index in [0.29, 0.717) is 6.42 Å². The van der Waals surface area contributed by atoms with E-state index in [1.54, 1.807) is 0 Å². The Bertz CT molecular complexity index is 290. The fraction of sp³-hybridized carbons (Fsp3) is 0.870. The Labute approximate surface area is 168 Å². The summed E-state index contributed by atoms with van der Waals surface area (Å²) < 4.78 is 4.93. The Balaban J connectivity index is 0. The molecular weight excluding hydrogens is 340 g/mol. The highest BCUT2D eigenvalue weighted by Gasteiger charge is 2.11. The van der Waals surface area contributed by atoms with Crippen LogP contribution in [-0.4, -0.2) is 35.5 Å². The van der Waals surface area contributed by atoms with Crippen LogP contribution in [0, 0.1) is 0 Å². The first-order chi connectivity index (χ1) is 13.2. The third-order valence-electron chi connectivity index (χ3n) is 4.69. The Morgan fingerprint density at radius 3 is 1.37 bits per heavy atom. The molecule has 0 aromatic rings. The number of unbranched alkanes of at least 4 members (excludes halogenated alkanes) is 14. The molecule has 0 radical (unpaired) electrons. The average Bonchev–Trinajstić information content (AvgIpc) is 2.70. The van der Waals surface area contributed by atoms with Crippen molar-refractivity contribution in [2.45, 2.75) is 116 Å². The minimum atomic E-state index is -0.760. The summed E-state index contributed by atoms with van der Waals surface area (Å²) in [7, 11) is 0. The first kappa shape index (κ1) is 28.3. The first-order valence-corrected chi connectivity index (χ1v) is 11.2. The van der Waals surface area contributed by atoms with Crippen LogP contribution in [-0.2, 0) is 9.53 Å². The van der Waals surface area contributed by atoms with E-state index in [4.69, 9.17) is 14.9 Å². The van der Waals surface area contributed by atoms with Gasteiger partial charge in [0.05, 0.1) is 13.2 Å². The van der Waals surface area contributed by atoms with Gasteiger partial charge in [-0.05, 0) is 6.42 Å². The number of hydrogen-bond donors (Lipinski definition) is 2. The highest BCUT2D eigenvalue weighted by Crippen LogP contribution is 2.13. The Hall–Kier alpha value is -0.870. The van der Waals surface area contributed by atoms with Gasteiger partial charge >= 0.3 is 5.97 Å². The molecule has 0 fully saturated rings. The van der Waals surface area contributed by atoms with Gasteiger partial charge in [0.1, 0.15) is 6.10 Å². The van der Waals surface area contributed by atoms with E-state index in [-0.39, 0.29) is 19.2 Å². The molecule has 0 saturated carbocycles. The summed E-state index contributed by atoms with van der Waals surface area (Å²) in [6, 6.07) is 0. The topological polar surface area (TPSA) is 66.8 Å². The van der Waals surface area contributed by atoms with Crippen molar-refractivity contribution in [1.82, 2.24) is 0 Å². The molecule has 162 valence electrons. The molecule has 0 aliphatic heterocycles. The summed E-state index contributed by atoms with van der Waals surface area (Å²) in [6.45, 7) is 7.63. The number of carbonyl (C=O) groups excluding carboxylic acids is 1. The summed E-state index contributed by atoms with van der Waals surface area (Å²) in [5, 5.41) is 17.7. The number of aliphatic hydroxyl groups excluding tert-OH is 2. The molecule has 27 heavy (non-hydrogen) atoms. The number of rotatable bonds is 19. The number of carbonyl (C=O) groups is 1. The van der Waals surface area contributed by atoms with Gasteiger partial charge in [-0.25, -0.2) is 0 Å². The molecule has 0 aromatic carbocycles. The molecule has 0 saturated heterocycles. The van der Waals surface area contributed by atoms with Crippen LogP contribution in [0.4, 0.5) is 0 Å². The minimum absolute atomic E-state index is 0.317. The van der Waals surface area contributed by atoms with E-state index in [1.165, 1.54) is 83.5 Å². The molecule has 0 bridgehead atoms. The molecule has 0 unspecified atom stereocenters. The predicted molar refractivity (Wildman–Crippen MR) is 115 cm³/mol. The van der Waals surface area contributed by atoms with Crippen molar-refractivity contribution in [1.29, 1.82) is 0 Å². The van der Waals surface area contributed by atoms with E-state index in [0.717, 1.165) is 12.8 Å². The highest BCUT2D eigenvalue weighted by molar-refractivity contribution is 5.69. The van der Waals surface area contributed by atoms with Gasteiger partial charge in [0.2, 0.25) is 0 Å². The van der Waals surface area contributed by atoms with E-state index in [1.807, 2.05) is 0 Å². The van der Waals surface area contributed by atoms with Gasteiger partial charge in [-0.2, -0.15) is 0 Å². The molecule has 0 atom stereocenters. The van der Waals surface area contributed by atoms with Gasteiger partial charge in [0, 0.05) is 6.42 Å². The molecule has 0 heterocycles. The lowest BCUT2D eigenvalue weighted by atomic mass is 10.0. The Morgan fingerprint density at radius 1 is 0.704 bits per heavy atom. The minimum Gasteiger partial charge on any atom is -0.457 e. The maximum Gasteiger partial charge on any atom is 0.306 e. The number of hydrogen-bond acceptors (Lipinski definition) is 4. The zero-order valence-electron chi connectivity index (χ0n) is 17.9. The third-order valence-corrected chi connectivity index (χ3v) is 4.69. The van der Waals surface area contributed by atoms with Crippen molar-refractivity contribution < 1.29 is 19.7 Å². The summed E-state index contributed by atoms with van der Waals surface area (Å²) in [5.41, 5.74) is 0. The van der Waals surface area contributed by atoms with E-state index >= 15 is 0 Å². The van der Waals surface area contributed by atoms with Crippen molar-refractivity contribution >= 4 is 5.97 Å². The third kappa shape index (κ3) is 23.1. The Morgan fingerprint density at radius 2 is 1.04 bits per heavy atom. The van der Waals surface area contributed by atoms with Gasteiger partial charge in [-0.3, -0.25) is 4.79 Å². The molecule has 2 N–H and O–H groups in total. The van der Waals surface area contributed by atoms with Crippen LogP contribution in [0.25, 0.3) is 0 Å². The van der Waals surface area contributed by atoms with E-state index < -0.39 is 6.10 Å². The molecule has 0 amide bonds. The first-order valence-electron chi connectivity index (χ1n) is 11.2. The van der Waals surface area contributed by atoms with Crippen molar-refractivity contribution in [2.24, 2.45) is 0 Å². The predicted octanol–water partition coefficient (Wildman–Crippen LogP) is 5.95. The van der Waals surface area contributed by atoms with Crippen LogP contribution >= 0.6 is 0 Å². The SMILES string of the molecule is C=C.CCCCCCCCCCCCCCCCCC(=O)OC(CO)CO. The largest absolute Gasteiger partial charge is 0.457 e. The van der Waals surface area contributed by atoms with E-state index in [9.17, 15) is 4.79 Å². The van der Waals surface area contributed by atoms with Gasteiger partial charge in [-0.15, -0.1) is 13.2 Å². The second-order valence-electron chi connectivity index (χ2n) is 7.18. The standard InChI is InChI=1S/C21H42O4.C2H4/c1-2-3-4-5-6-7-8-9-10-11-12-13-14-15-16-17-21(24)25-20(18-22)19-23;1-2/h20,22-23H,2-19H2,1H3;1-2H2. The zero-order valence-corrected chi connectivity index (χ0v) is 17.9. The molecule has 0 aliphatic carbocycles. The van der Waals surface area contributed by atoms with Crippen LogP contribution < -0.4 is 0 Å². The second kappa shape index (κ2) is 25.1. The fourth-order valence-electron chi connectivity index (χ4n) is 3.02. The number of aliphatic hydroxyl groups is 2. The maximum atomic E-state index is 11.5. The van der Waals surface area contributed by atoms with Crippen molar-refractivity contribution in [3.63, 3.8) is 0 Å². The summed E-state index contributed by atoms with van der Waals surface area (Å²) in [6.07, 6.45) is 19.1. The van der Waals surface area contributed by atoms with Crippen LogP contribution in [0.3, 0.4) is 0 Å². The lowest BCUT2D eigenvalue weighted by molar-refractivity contribution is -0.153. The molecule has 4 nitrogen and oxygen atoms in total. The number of ether oxygens (including phenoxy) is 1. The summed E-state index contributed by atoms with van der Waals surface area (Å²) in [5.74, 6) is -0.317. The van der Waals surface area contributed by atoms with Gasteiger partial charge in [0.25, 0.3) is 0 Å². The summed E-state index contributed by atoms with van der Waals surface area (Å²) >= 11 is 0. The molecule has 0 rings (SSSR count). The lowest BCUT2D eigenvalue weighted by Crippen LogP contribution is -2.25. The molecule has 4 heteroatoms. The molecular formula is C23H46O4. The summed E-state index contributed by atoms with van der Waals surface area (Å²) in [4.78, 5) is 11.5. The van der Waals surface area contributed by atoms with Crippen molar-refractivity contribution in [3.05, 3.63) is 13.2 Å². The lowest BCUT2D eigenvalue weighted by Gasteiger charge is -2.12. The molecule has 0 aromatic heterocycles. The Kier molecular flexibility index (Phi) is 26.4. The van der Waals surface area contributed by atoms with Gasteiger partial charge < -0.3 is 14.9 Å². The smallest absolute Gasteiger partial charge is 0.306 e. The van der Waals surface area contributed by atoms with Crippen LogP contribution in [0.1, 0.15) is 110 Å². The van der Waals surface area contributed by atoms with E-state index in [2.05, 4.69) is 20.1 Å². The zero-order chi connectivity index (χ0) is 20.6. The number of esters is 1. The average molecular weight is 387 g/mol.